The molecule has 7 nitrogen and oxygen atoms in total. The molecule has 20 heavy (non-hydrogen) atoms. The molecule has 1 aromatic heterocycles. The maximum Gasteiger partial charge on any atom is 0.224 e. The predicted octanol–water partition coefficient (Wildman–Crippen LogP) is 0.711. The molecule has 1 saturated carbocycles. The molecule has 1 aliphatic carbocycles. The van der Waals surface area contributed by atoms with E-state index in [1.807, 2.05) is 19.9 Å². The van der Waals surface area contributed by atoms with Gasteiger partial charge in [0, 0.05) is 31.4 Å². The van der Waals surface area contributed by atoms with E-state index in [4.69, 9.17) is 0 Å². The highest BCUT2D eigenvalue weighted by Crippen LogP contribution is 2.27. The number of aryl methyl sites for hydroxylation is 1. The van der Waals surface area contributed by atoms with Crippen LogP contribution in [0.5, 0.6) is 0 Å². The fourth-order valence-electron chi connectivity index (χ4n) is 1.78. The molecule has 0 aliphatic heterocycles. The smallest absolute Gasteiger partial charge is 0.224 e. The van der Waals surface area contributed by atoms with Crippen molar-refractivity contribution in [3.8, 4) is 0 Å². The van der Waals surface area contributed by atoms with E-state index in [1.54, 1.807) is 0 Å². The largest absolute Gasteiger partial charge is 0.369 e. The second-order valence-corrected chi connectivity index (χ2v) is 6.86. The summed E-state index contributed by atoms with van der Waals surface area (Å²) in [5.74, 6) is 1.27. The summed E-state index contributed by atoms with van der Waals surface area (Å²) >= 11 is 0. The van der Waals surface area contributed by atoms with Gasteiger partial charge in [0.2, 0.25) is 16.0 Å². The summed E-state index contributed by atoms with van der Waals surface area (Å²) in [5.41, 5.74) is 0.858. The number of sulfonamides is 1. The Hall–Kier alpha value is -1.41. The van der Waals surface area contributed by atoms with Crippen LogP contribution in [0.25, 0.3) is 0 Å². The molecule has 0 aromatic carbocycles. The molecule has 0 amide bonds. The van der Waals surface area contributed by atoms with Crippen LogP contribution in [0.15, 0.2) is 6.07 Å². The minimum atomic E-state index is -3.10. The first-order valence-corrected chi connectivity index (χ1v) is 8.38. The van der Waals surface area contributed by atoms with E-state index >= 15 is 0 Å². The van der Waals surface area contributed by atoms with Crippen LogP contribution in [0.1, 0.15) is 25.5 Å². The summed E-state index contributed by atoms with van der Waals surface area (Å²) in [6.07, 6.45) is 1.56. The third-order valence-electron chi connectivity index (χ3n) is 2.89. The first kappa shape index (κ1) is 15.0. The highest BCUT2D eigenvalue weighted by Gasteiger charge is 2.35. The second-order valence-electron chi connectivity index (χ2n) is 4.81. The van der Waals surface area contributed by atoms with Crippen molar-refractivity contribution >= 4 is 21.8 Å². The molecule has 8 heteroatoms. The predicted molar refractivity (Wildman–Crippen MR) is 79.4 cm³/mol. The third-order valence-corrected chi connectivity index (χ3v) is 4.84. The molecule has 1 fully saturated rings. The minimum Gasteiger partial charge on any atom is -0.369 e. The SMILES string of the molecule is CCNc1nc(C)cc(NCCNS(=O)(=O)C2CC2)n1. The lowest BCUT2D eigenvalue weighted by Gasteiger charge is -2.09. The minimum absolute atomic E-state index is 0.177. The summed E-state index contributed by atoms with van der Waals surface area (Å²) in [6, 6.07) is 1.83. The Kier molecular flexibility index (Phi) is 4.77. The average molecular weight is 299 g/mol. The van der Waals surface area contributed by atoms with Gasteiger partial charge in [-0.05, 0) is 26.7 Å². The number of hydrogen-bond donors (Lipinski definition) is 3. The van der Waals surface area contributed by atoms with Crippen molar-refractivity contribution in [3.05, 3.63) is 11.8 Å². The fourth-order valence-corrected chi connectivity index (χ4v) is 3.16. The lowest BCUT2D eigenvalue weighted by atomic mass is 10.4. The standard InChI is InChI=1S/C12H21N5O2S/c1-3-13-12-16-9(2)8-11(17-12)14-6-7-15-20(18,19)10-4-5-10/h8,10,15H,3-7H2,1-2H3,(H2,13,14,16,17). The van der Waals surface area contributed by atoms with Gasteiger partial charge >= 0.3 is 0 Å². The van der Waals surface area contributed by atoms with Gasteiger partial charge in [-0.15, -0.1) is 0 Å². The van der Waals surface area contributed by atoms with E-state index in [0.29, 0.717) is 24.9 Å². The Balaban J connectivity index is 1.81. The molecule has 1 aliphatic rings. The highest BCUT2D eigenvalue weighted by atomic mass is 32.2. The number of hydrogen-bond acceptors (Lipinski definition) is 6. The summed E-state index contributed by atoms with van der Waals surface area (Å²) in [5, 5.41) is 5.97. The first-order chi connectivity index (χ1) is 9.51. The molecule has 1 heterocycles. The molecule has 0 spiro atoms. The molecule has 0 atom stereocenters. The molecular formula is C12H21N5O2S. The zero-order chi connectivity index (χ0) is 14.6. The van der Waals surface area contributed by atoms with Gasteiger partial charge in [-0.3, -0.25) is 0 Å². The Morgan fingerprint density at radius 2 is 2.00 bits per heavy atom. The Bertz CT molecular complexity index is 557. The number of rotatable bonds is 8. The van der Waals surface area contributed by atoms with Gasteiger partial charge in [-0.1, -0.05) is 0 Å². The van der Waals surface area contributed by atoms with Crippen LogP contribution in [-0.2, 0) is 10.0 Å². The molecule has 0 bridgehead atoms. The van der Waals surface area contributed by atoms with Gasteiger partial charge in [0.15, 0.2) is 0 Å². The maximum atomic E-state index is 11.6. The van der Waals surface area contributed by atoms with Crippen LogP contribution in [0, 0.1) is 6.92 Å². The van der Waals surface area contributed by atoms with E-state index < -0.39 is 10.0 Å². The number of nitrogens with one attached hydrogen (secondary N) is 3. The molecular weight excluding hydrogens is 278 g/mol. The lowest BCUT2D eigenvalue weighted by Crippen LogP contribution is -2.31. The van der Waals surface area contributed by atoms with Gasteiger partial charge in [-0.2, -0.15) is 4.98 Å². The van der Waals surface area contributed by atoms with E-state index in [0.717, 1.165) is 25.1 Å². The Morgan fingerprint density at radius 1 is 1.25 bits per heavy atom. The molecule has 2 rings (SSSR count). The van der Waals surface area contributed by atoms with Crippen LogP contribution in [-0.4, -0.2) is 43.3 Å². The summed E-state index contributed by atoms with van der Waals surface area (Å²) in [7, 11) is -3.10. The van der Waals surface area contributed by atoms with E-state index in [2.05, 4.69) is 25.3 Å². The zero-order valence-corrected chi connectivity index (χ0v) is 12.6. The van der Waals surface area contributed by atoms with Crippen molar-refractivity contribution in [3.63, 3.8) is 0 Å². The molecule has 1 aromatic rings. The summed E-state index contributed by atoms with van der Waals surface area (Å²) in [6.45, 7) is 5.48. The van der Waals surface area contributed by atoms with Crippen LogP contribution < -0.4 is 15.4 Å². The van der Waals surface area contributed by atoms with Gasteiger partial charge in [-0.25, -0.2) is 18.1 Å². The molecule has 112 valence electrons. The van der Waals surface area contributed by atoms with Crippen LogP contribution in [0.4, 0.5) is 11.8 Å². The van der Waals surface area contributed by atoms with Crippen molar-refractivity contribution in [1.82, 2.24) is 14.7 Å². The van der Waals surface area contributed by atoms with Crippen molar-refractivity contribution in [2.75, 3.05) is 30.3 Å². The van der Waals surface area contributed by atoms with E-state index in [9.17, 15) is 8.42 Å². The van der Waals surface area contributed by atoms with Crippen molar-refractivity contribution in [1.29, 1.82) is 0 Å². The van der Waals surface area contributed by atoms with Gasteiger partial charge in [0.1, 0.15) is 5.82 Å². The quantitative estimate of drug-likeness (QED) is 0.612. The van der Waals surface area contributed by atoms with Crippen molar-refractivity contribution in [2.24, 2.45) is 0 Å². The third kappa shape index (κ3) is 4.31. The fraction of sp³-hybridized carbons (Fsp3) is 0.667. The summed E-state index contributed by atoms with van der Waals surface area (Å²) in [4.78, 5) is 8.54. The number of aromatic nitrogens is 2. The topological polar surface area (TPSA) is 96.0 Å². The van der Waals surface area contributed by atoms with E-state index in [-0.39, 0.29) is 5.25 Å². The van der Waals surface area contributed by atoms with Gasteiger partial charge < -0.3 is 10.6 Å². The van der Waals surface area contributed by atoms with Crippen molar-refractivity contribution < 1.29 is 8.42 Å². The van der Waals surface area contributed by atoms with Crippen molar-refractivity contribution in [2.45, 2.75) is 31.9 Å². The molecule has 0 saturated heterocycles. The Morgan fingerprint density at radius 3 is 2.65 bits per heavy atom. The van der Waals surface area contributed by atoms with Crippen LogP contribution in [0.3, 0.4) is 0 Å². The molecule has 3 N–H and O–H groups in total. The second kappa shape index (κ2) is 6.36. The Labute approximate surface area is 119 Å². The number of nitrogens with zero attached hydrogens (tertiary/aromatic N) is 2. The van der Waals surface area contributed by atoms with Gasteiger partial charge in [0.05, 0.1) is 5.25 Å². The summed E-state index contributed by atoms with van der Waals surface area (Å²) < 4.78 is 25.8. The maximum absolute atomic E-state index is 11.6. The highest BCUT2D eigenvalue weighted by molar-refractivity contribution is 7.90. The van der Waals surface area contributed by atoms with Crippen LogP contribution in [0.2, 0.25) is 0 Å². The normalized spacial score (nSPS) is 15.1. The van der Waals surface area contributed by atoms with E-state index in [1.165, 1.54) is 0 Å². The van der Waals surface area contributed by atoms with Crippen LogP contribution >= 0.6 is 0 Å². The molecule has 0 radical (unpaired) electrons. The van der Waals surface area contributed by atoms with Gasteiger partial charge in [0.25, 0.3) is 0 Å². The lowest BCUT2D eigenvalue weighted by molar-refractivity contribution is 0.581. The number of anilines is 2. The monoisotopic (exact) mass is 299 g/mol. The molecule has 0 unspecified atom stereocenters. The first-order valence-electron chi connectivity index (χ1n) is 6.83. The zero-order valence-electron chi connectivity index (χ0n) is 11.8. The average Bonchev–Trinajstić information content (AvgIpc) is 3.19.